The van der Waals surface area contributed by atoms with Crippen molar-refractivity contribution in [2.45, 2.75) is 187 Å². The summed E-state index contributed by atoms with van der Waals surface area (Å²) in [5.41, 5.74) is 0. The van der Waals surface area contributed by atoms with Gasteiger partial charge in [0.2, 0.25) is 5.91 Å². The van der Waals surface area contributed by atoms with Gasteiger partial charge in [0.05, 0.1) is 39.9 Å². The Morgan fingerprint density at radius 2 is 1.02 bits per heavy atom. The number of quaternary nitrogens is 1. The smallest absolute Gasteiger partial charge is 0.268 e. The molecule has 3 atom stereocenters. The molecule has 0 radical (unpaired) electrons. The van der Waals surface area contributed by atoms with Crippen molar-refractivity contribution in [3.8, 4) is 0 Å². The lowest BCUT2D eigenvalue weighted by molar-refractivity contribution is -0.870. The number of carbonyl (C=O) groups excluding carboxylic acids is 1. The molecule has 0 aliphatic rings. The second-order valence-electron chi connectivity index (χ2n) is 17.1. The fourth-order valence-electron chi connectivity index (χ4n) is 6.20. The highest BCUT2D eigenvalue weighted by atomic mass is 31.2. The summed E-state index contributed by atoms with van der Waals surface area (Å²) in [5, 5.41) is 13.7. The Bertz CT molecular complexity index is 1310. The van der Waals surface area contributed by atoms with Gasteiger partial charge < -0.3 is 28.8 Å². The zero-order valence-electron chi connectivity index (χ0n) is 39.6. The standard InChI is InChI=1S/C52H91N2O6P/c1-6-8-10-12-14-16-18-20-21-22-23-24-25-26-27-28-29-30-31-32-33-34-36-38-40-42-44-46-52(56)53-50(49-60-61(57,58)59-48-47-54(3,4)5)51(55)45-43-41-39-37-35-19-17-15-13-11-9-7-2/h8,10,13-16,20-21,23-24,26-27,35,37,43,45,50-51,55H,6-7,9,11-12,17-19,22,25,28-34,36,38-42,44,46-49H2,1-5H3,(H-,53,56,57,58)/b10-8-,15-13+,16-14-,21-20-,24-23-,27-26-,37-35+,45-43+. The van der Waals surface area contributed by atoms with Gasteiger partial charge in [-0.15, -0.1) is 0 Å². The van der Waals surface area contributed by atoms with E-state index in [1.807, 2.05) is 27.2 Å². The number of hydrogen-bond donors (Lipinski definition) is 2. The minimum Gasteiger partial charge on any atom is -0.756 e. The van der Waals surface area contributed by atoms with Crippen LogP contribution < -0.4 is 10.2 Å². The number of rotatable bonds is 42. The Labute approximate surface area is 375 Å². The van der Waals surface area contributed by atoms with Gasteiger partial charge in [0.15, 0.2) is 0 Å². The highest BCUT2D eigenvalue weighted by Gasteiger charge is 2.23. The molecule has 0 aromatic carbocycles. The molecule has 0 aromatic rings. The van der Waals surface area contributed by atoms with Crippen molar-refractivity contribution in [3.05, 3.63) is 97.2 Å². The van der Waals surface area contributed by atoms with E-state index in [0.29, 0.717) is 17.4 Å². The third-order valence-corrected chi connectivity index (χ3v) is 11.0. The summed E-state index contributed by atoms with van der Waals surface area (Å²) in [5.74, 6) is -0.222. The van der Waals surface area contributed by atoms with Crippen LogP contribution >= 0.6 is 7.82 Å². The molecule has 0 aromatic heterocycles. The molecule has 0 saturated heterocycles. The number of phosphoric acid groups is 1. The van der Waals surface area contributed by atoms with Crippen LogP contribution in [-0.4, -0.2) is 68.5 Å². The summed E-state index contributed by atoms with van der Waals surface area (Å²) in [7, 11) is 1.22. The molecular formula is C52H91N2O6P. The topological polar surface area (TPSA) is 108 Å². The van der Waals surface area contributed by atoms with Gasteiger partial charge in [-0.05, 0) is 83.5 Å². The lowest BCUT2D eigenvalue weighted by Gasteiger charge is -2.29. The van der Waals surface area contributed by atoms with Crippen molar-refractivity contribution in [2.24, 2.45) is 0 Å². The number of allylic oxidation sites excluding steroid dienone is 15. The predicted octanol–water partition coefficient (Wildman–Crippen LogP) is 13.3. The first-order valence-electron chi connectivity index (χ1n) is 24.1. The first kappa shape index (κ1) is 58.4. The average molecular weight is 871 g/mol. The molecule has 0 spiro atoms. The minimum atomic E-state index is -4.61. The molecular weight excluding hydrogens is 780 g/mol. The molecule has 350 valence electrons. The number of amides is 1. The number of unbranched alkanes of at least 4 members (excludes halogenated alkanes) is 15. The maximum Gasteiger partial charge on any atom is 0.268 e. The zero-order valence-corrected chi connectivity index (χ0v) is 40.5. The van der Waals surface area contributed by atoms with Crippen LogP contribution in [0.5, 0.6) is 0 Å². The molecule has 0 fully saturated rings. The molecule has 0 saturated carbocycles. The van der Waals surface area contributed by atoms with Gasteiger partial charge in [0, 0.05) is 6.42 Å². The van der Waals surface area contributed by atoms with E-state index in [9.17, 15) is 19.4 Å². The van der Waals surface area contributed by atoms with E-state index < -0.39 is 26.6 Å². The largest absolute Gasteiger partial charge is 0.756 e. The Kier molecular flexibility index (Phi) is 40.9. The molecule has 3 unspecified atom stereocenters. The van der Waals surface area contributed by atoms with Gasteiger partial charge in [0.25, 0.3) is 7.82 Å². The van der Waals surface area contributed by atoms with Crippen LogP contribution in [-0.2, 0) is 18.4 Å². The summed E-state index contributed by atoms with van der Waals surface area (Å²) in [6.45, 7) is 4.43. The number of carbonyl (C=O) groups is 1. The van der Waals surface area contributed by atoms with Gasteiger partial charge in [0.1, 0.15) is 13.2 Å². The van der Waals surface area contributed by atoms with Gasteiger partial charge >= 0.3 is 0 Å². The van der Waals surface area contributed by atoms with E-state index in [-0.39, 0.29) is 12.5 Å². The van der Waals surface area contributed by atoms with Crippen LogP contribution in [0.15, 0.2) is 97.2 Å². The Morgan fingerprint density at radius 3 is 1.52 bits per heavy atom. The van der Waals surface area contributed by atoms with Crippen LogP contribution in [0.4, 0.5) is 0 Å². The van der Waals surface area contributed by atoms with Crippen molar-refractivity contribution < 1.29 is 32.9 Å². The molecule has 1 amide bonds. The fourth-order valence-corrected chi connectivity index (χ4v) is 6.92. The van der Waals surface area contributed by atoms with Crippen LogP contribution in [0, 0.1) is 0 Å². The minimum absolute atomic E-state index is 0.0145. The monoisotopic (exact) mass is 871 g/mol. The van der Waals surface area contributed by atoms with Crippen molar-refractivity contribution in [2.75, 3.05) is 40.9 Å². The van der Waals surface area contributed by atoms with Crippen molar-refractivity contribution in [1.82, 2.24) is 5.32 Å². The van der Waals surface area contributed by atoms with E-state index in [2.05, 4.69) is 104 Å². The molecule has 0 heterocycles. The number of nitrogens with one attached hydrogen (secondary N) is 1. The van der Waals surface area contributed by atoms with Crippen molar-refractivity contribution in [1.29, 1.82) is 0 Å². The molecule has 0 bridgehead atoms. The number of hydrogen-bond acceptors (Lipinski definition) is 6. The molecule has 0 rings (SSSR count). The third-order valence-electron chi connectivity index (χ3n) is 10.0. The molecule has 0 aliphatic carbocycles. The summed E-state index contributed by atoms with van der Waals surface area (Å²) in [4.78, 5) is 25.3. The van der Waals surface area contributed by atoms with E-state index in [1.165, 1.54) is 70.6 Å². The number of phosphoric ester groups is 1. The van der Waals surface area contributed by atoms with E-state index >= 15 is 0 Å². The first-order chi connectivity index (χ1) is 29.5. The predicted molar refractivity (Wildman–Crippen MR) is 260 cm³/mol. The van der Waals surface area contributed by atoms with E-state index in [0.717, 1.165) is 83.5 Å². The second-order valence-corrected chi connectivity index (χ2v) is 18.5. The van der Waals surface area contributed by atoms with Gasteiger partial charge in [-0.25, -0.2) is 0 Å². The lowest BCUT2D eigenvalue weighted by atomic mass is 10.0. The summed E-state index contributed by atoms with van der Waals surface area (Å²) in [6.07, 6.45) is 60.4. The van der Waals surface area contributed by atoms with Crippen LogP contribution in [0.25, 0.3) is 0 Å². The SMILES string of the molecule is CC/C=C\C/C=C\C/C=C\C/C=C\C/C=C\CCCCCCCCCCCCCC(=O)NC(COP(=O)([O-])OCC[N+](C)(C)C)C(O)/C=C/CC/C=C/CC/C=C/CCCC. The van der Waals surface area contributed by atoms with Crippen LogP contribution in [0.1, 0.15) is 174 Å². The first-order valence-corrected chi connectivity index (χ1v) is 25.6. The van der Waals surface area contributed by atoms with Crippen LogP contribution in [0.2, 0.25) is 0 Å². The number of nitrogens with zero attached hydrogens (tertiary/aromatic N) is 1. The molecule has 0 aliphatic heterocycles. The number of aliphatic hydroxyl groups is 1. The molecule has 9 heteroatoms. The lowest BCUT2D eigenvalue weighted by Crippen LogP contribution is -2.45. The highest BCUT2D eigenvalue weighted by molar-refractivity contribution is 7.45. The maximum absolute atomic E-state index is 12.9. The van der Waals surface area contributed by atoms with Gasteiger partial charge in [-0.1, -0.05) is 182 Å². The molecule has 61 heavy (non-hydrogen) atoms. The third kappa shape index (κ3) is 45.3. The quantitative estimate of drug-likeness (QED) is 0.0274. The maximum atomic E-state index is 12.9. The summed E-state index contributed by atoms with van der Waals surface area (Å²) >= 11 is 0. The summed E-state index contributed by atoms with van der Waals surface area (Å²) in [6, 6.07) is -0.916. The van der Waals surface area contributed by atoms with E-state index in [1.54, 1.807) is 6.08 Å². The Hall–Kier alpha value is -2.58. The summed E-state index contributed by atoms with van der Waals surface area (Å²) < 4.78 is 23.2. The second kappa shape index (κ2) is 42.7. The highest BCUT2D eigenvalue weighted by Crippen LogP contribution is 2.38. The van der Waals surface area contributed by atoms with Gasteiger partial charge in [-0.2, -0.15) is 0 Å². The molecule has 2 N–H and O–H groups in total. The van der Waals surface area contributed by atoms with Gasteiger partial charge in [-0.3, -0.25) is 9.36 Å². The number of aliphatic hydroxyl groups excluding tert-OH is 1. The molecule has 8 nitrogen and oxygen atoms in total. The zero-order chi connectivity index (χ0) is 45.0. The van der Waals surface area contributed by atoms with Crippen molar-refractivity contribution >= 4 is 13.7 Å². The average Bonchev–Trinajstić information content (AvgIpc) is 3.21. The van der Waals surface area contributed by atoms with Crippen molar-refractivity contribution in [3.63, 3.8) is 0 Å². The van der Waals surface area contributed by atoms with Crippen LogP contribution in [0.3, 0.4) is 0 Å². The Morgan fingerprint density at radius 1 is 0.590 bits per heavy atom. The normalized spacial score (nSPS) is 15.1. The fraction of sp³-hybridized carbons (Fsp3) is 0.673. The number of likely N-dealkylation sites (N-methyl/N-ethyl adjacent to an activating group) is 1. The Balaban J connectivity index is 4.27. The van der Waals surface area contributed by atoms with E-state index in [4.69, 9.17) is 9.05 Å².